The molecule has 0 heterocycles. The van der Waals surface area contributed by atoms with Crippen molar-refractivity contribution in [3.8, 4) is 0 Å². The molecule has 2 aromatic carbocycles. The van der Waals surface area contributed by atoms with Crippen LogP contribution in [0.2, 0.25) is 0 Å². The third-order valence-corrected chi connectivity index (χ3v) is 5.91. The van der Waals surface area contributed by atoms with E-state index in [0.717, 1.165) is 14.8 Å². The maximum absolute atomic E-state index is 12.2. The molecule has 0 aromatic heterocycles. The van der Waals surface area contributed by atoms with Crippen molar-refractivity contribution in [3.63, 3.8) is 0 Å². The van der Waals surface area contributed by atoms with Crippen molar-refractivity contribution in [3.05, 3.63) is 57.7 Å². The number of carbonyl (C=O) groups excluding carboxylic acids is 1. The third-order valence-electron chi connectivity index (χ3n) is 3.48. The molecular weight excluding hydrogens is 439 g/mol. The van der Waals surface area contributed by atoms with Gasteiger partial charge in [0.2, 0.25) is 5.91 Å². The number of halogens is 1. The summed E-state index contributed by atoms with van der Waals surface area (Å²) in [5.74, 6) is -0.748. The molecule has 0 radical (unpaired) electrons. The van der Waals surface area contributed by atoms with Crippen LogP contribution in [0.4, 0.5) is 5.69 Å². The number of sulfone groups is 1. The van der Waals surface area contributed by atoms with Crippen LogP contribution >= 0.6 is 22.6 Å². The topological polar surface area (TPSA) is 66.5 Å². The van der Waals surface area contributed by atoms with Gasteiger partial charge in [-0.3, -0.25) is 4.79 Å². The third kappa shape index (κ3) is 4.94. The number of para-hydroxylation sites is 1. The van der Waals surface area contributed by atoms with E-state index in [2.05, 4.69) is 27.9 Å². The fraction of sp³-hybridized carbons (Fsp3) is 0.235. The number of amides is 1. The average molecular weight is 458 g/mol. The lowest BCUT2D eigenvalue weighted by Crippen LogP contribution is -2.38. The Morgan fingerprint density at radius 2 is 1.75 bits per heavy atom. The number of anilines is 1. The van der Waals surface area contributed by atoms with Crippen LogP contribution in [0.25, 0.3) is 0 Å². The molecule has 7 heteroatoms. The van der Waals surface area contributed by atoms with Gasteiger partial charge in [-0.15, -0.1) is 0 Å². The highest BCUT2D eigenvalue weighted by atomic mass is 127. The van der Waals surface area contributed by atoms with Crippen LogP contribution in [-0.4, -0.2) is 33.8 Å². The van der Waals surface area contributed by atoms with E-state index in [1.807, 2.05) is 31.2 Å². The number of rotatable bonds is 6. The number of aryl methyl sites for hydroxylation is 1. The van der Waals surface area contributed by atoms with Crippen LogP contribution in [0.5, 0.6) is 0 Å². The van der Waals surface area contributed by atoms with Gasteiger partial charge in [-0.2, -0.15) is 0 Å². The summed E-state index contributed by atoms with van der Waals surface area (Å²) in [6.45, 7) is 1.97. The predicted octanol–water partition coefficient (Wildman–Crippen LogP) is 2.58. The molecule has 1 amide bonds. The van der Waals surface area contributed by atoms with Gasteiger partial charge in [-0.05, 0) is 53.8 Å². The molecule has 0 atom stereocenters. The Bertz CT molecular complexity index is 820. The largest absolute Gasteiger partial charge is 0.364 e. The average Bonchev–Trinajstić information content (AvgIpc) is 2.54. The zero-order valence-electron chi connectivity index (χ0n) is 13.5. The first-order chi connectivity index (χ1) is 11.3. The fourth-order valence-corrected chi connectivity index (χ4v) is 3.99. The van der Waals surface area contributed by atoms with Crippen molar-refractivity contribution >= 4 is 44.0 Å². The number of nitrogens with zero attached hydrogens (tertiary/aromatic N) is 1. The summed E-state index contributed by atoms with van der Waals surface area (Å²) >= 11 is 2.20. The number of nitrogens with one attached hydrogen (secondary N) is 1. The standard InChI is InChI=1S/C17H19IN2O3S/c1-13-7-9-14(10-8-13)24(22,23)12-19-17(21)11-20(2)16-6-4-3-5-15(16)18/h3-10H,11-12H2,1-2H3,(H,19,21). The number of carbonyl (C=O) groups is 1. The van der Waals surface area contributed by atoms with Crippen molar-refractivity contribution in [2.75, 3.05) is 24.4 Å². The van der Waals surface area contributed by atoms with Crippen molar-refractivity contribution in [1.29, 1.82) is 0 Å². The molecule has 0 aliphatic rings. The molecule has 5 nitrogen and oxygen atoms in total. The normalized spacial score (nSPS) is 11.1. The highest BCUT2D eigenvalue weighted by Crippen LogP contribution is 2.20. The van der Waals surface area contributed by atoms with Gasteiger partial charge in [0, 0.05) is 10.6 Å². The lowest BCUT2D eigenvalue weighted by atomic mass is 10.2. The predicted molar refractivity (Wildman–Crippen MR) is 104 cm³/mol. The lowest BCUT2D eigenvalue weighted by Gasteiger charge is -2.20. The second kappa shape index (κ2) is 7.98. The van der Waals surface area contributed by atoms with E-state index < -0.39 is 15.7 Å². The molecule has 24 heavy (non-hydrogen) atoms. The number of likely N-dealkylation sites (N-methyl/N-ethyl adjacent to an activating group) is 1. The minimum Gasteiger partial charge on any atom is -0.364 e. The smallest absolute Gasteiger partial charge is 0.240 e. The van der Waals surface area contributed by atoms with Crippen LogP contribution in [0, 0.1) is 10.5 Å². The Kier molecular flexibility index (Phi) is 6.22. The van der Waals surface area contributed by atoms with Gasteiger partial charge in [0.25, 0.3) is 0 Å². The maximum Gasteiger partial charge on any atom is 0.240 e. The van der Waals surface area contributed by atoms with Gasteiger partial charge < -0.3 is 10.2 Å². The first-order valence-electron chi connectivity index (χ1n) is 7.31. The van der Waals surface area contributed by atoms with Gasteiger partial charge in [-0.25, -0.2) is 8.42 Å². The highest BCUT2D eigenvalue weighted by molar-refractivity contribution is 14.1. The molecule has 0 fully saturated rings. The number of benzene rings is 2. The van der Waals surface area contributed by atoms with E-state index >= 15 is 0 Å². The van der Waals surface area contributed by atoms with Crippen molar-refractivity contribution in [1.82, 2.24) is 5.32 Å². The monoisotopic (exact) mass is 458 g/mol. The Labute approximate surface area is 156 Å². The number of hydrogen-bond donors (Lipinski definition) is 1. The van der Waals surface area contributed by atoms with Crippen molar-refractivity contribution < 1.29 is 13.2 Å². The van der Waals surface area contributed by atoms with Crippen LogP contribution < -0.4 is 10.2 Å². The SMILES string of the molecule is Cc1ccc(S(=O)(=O)CNC(=O)CN(C)c2ccccc2I)cc1. The van der Waals surface area contributed by atoms with E-state index in [1.54, 1.807) is 36.2 Å². The van der Waals surface area contributed by atoms with Gasteiger partial charge in [0.1, 0.15) is 5.88 Å². The summed E-state index contributed by atoms with van der Waals surface area (Å²) in [7, 11) is -1.74. The molecule has 128 valence electrons. The molecule has 0 saturated carbocycles. The minimum absolute atomic E-state index is 0.0867. The van der Waals surface area contributed by atoms with Gasteiger partial charge in [0.15, 0.2) is 9.84 Å². The van der Waals surface area contributed by atoms with E-state index in [9.17, 15) is 13.2 Å². The molecule has 2 rings (SSSR count). The molecule has 0 aliphatic carbocycles. The van der Waals surface area contributed by atoms with E-state index in [0.29, 0.717) is 0 Å². The first-order valence-corrected chi connectivity index (χ1v) is 10.0. The van der Waals surface area contributed by atoms with Crippen molar-refractivity contribution in [2.45, 2.75) is 11.8 Å². The second-order valence-corrected chi connectivity index (χ2v) is 8.63. The van der Waals surface area contributed by atoms with Crippen LogP contribution in [0.3, 0.4) is 0 Å². The summed E-state index contributed by atoms with van der Waals surface area (Å²) < 4.78 is 25.5. The first kappa shape index (κ1) is 18.7. The van der Waals surface area contributed by atoms with Gasteiger partial charge in [0.05, 0.1) is 17.1 Å². The summed E-state index contributed by atoms with van der Waals surface area (Å²) in [5, 5.41) is 2.49. The molecule has 0 saturated heterocycles. The Balaban J connectivity index is 1.95. The molecule has 0 aliphatic heterocycles. The summed E-state index contributed by atoms with van der Waals surface area (Å²) in [6.07, 6.45) is 0. The number of hydrogen-bond acceptors (Lipinski definition) is 4. The maximum atomic E-state index is 12.2. The summed E-state index contributed by atoms with van der Waals surface area (Å²) in [4.78, 5) is 14.0. The van der Waals surface area contributed by atoms with Crippen LogP contribution in [0.15, 0.2) is 53.4 Å². The Morgan fingerprint density at radius 3 is 2.38 bits per heavy atom. The minimum atomic E-state index is -3.53. The fourth-order valence-electron chi connectivity index (χ4n) is 2.12. The Hall–Kier alpha value is -1.61. The lowest BCUT2D eigenvalue weighted by molar-refractivity contribution is -0.119. The Morgan fingerprint density at radius 1 is 1.12 bits per heavy atom. The quantitative estimate of drug-likeness (QED) is 0.676. The van der Waals surface area contributed by atoms with E-state index in [4.69, 9.17) is 0 Å². The molecule has 0 spiro atoms. The van der Waals surface area contributed by atoms with E-state index in [-0.39, 0.29) is 17.3 Å². The summed E-state index contributed by atoms with van der Waals surface area (Å²) in [6, 6.07) is 14.3. The molecule has 1 N–H and O–H groups in total. The van der Waals surface area contributed by atoms with Gasteiger partial charge in [-0.1, -0.05) is 29.8 Å². The van der Waals surface area contributed by atoms with Crippen LogP contribution in [0.1, 0.15) is 5.56 Å². The highest BCUT2D eigenvalue weighted by Gasteiger charge is 2.16. The molecule has 2 aromatic rings. The molecule has 0 unspecified atom stereocenters. The second-order valence-electron chi connectivity index (χ2n) is 5.48. The van der Waals surface area contributed by atoms with Gasteiger partial charge >= 0.3 is 0 Å². The molecule has 0 bridgehead atoms. The summed E-state index contributed by atoms with van der Waals surface area (Å²) in [5.41, 5.74) is 1.91. The van der Waals surface area contributed by atoms with E-state index in [1.165, 1.54) is 0 Å². The zero-order chi connectivity index (χ0) is 17.7. The molecular formula is C17H19IN2O3S. The van der Waals surface area contributed by atoms with Crippen molar-refractivity contribution in [2.24, 2.45) is 0 Å². The van der Waals surface area contributed by atoms with Crippen LogP contribution in [-0.2, 0) is 14.6 Å². The zero-order valence-corrected chi connectivity index (χ0v) is 16.5.